The fraction of sp³-hybridized carbons (Fsp3) is 0.281. The molecule has 0 bridgehead atoms. The summed E-state index contributed by atoms with van der Waals surface area (Å²) in [5.41, 5.74) is 5.68. The molecule has 5 rings (SSSR count). The Balaban J connectivity index is 1.29. The van der Waals surface area contributed by atoms with E-state index in [-0.39, 0.29) is 28.0 Å². The number of aromatic nitrogens is 2. The van der Waals surface area contributed by atoms with E-state index >= 15 is 0 Å². The van der Waals surface area contributed by atoms with Gasteiger partial charge >= 0.3 is 11.9 Å². The minimum absolute atomic E-state index is 0.0207. The number of oxime groups is 1. The average molecular weight is 710 g/mol. The molecule has 3 aromatic rings. The van der Waals surface area contributed by atoms with Crippen molar-refractivity contribution in [2.24, 2.45) is 5.16 Å². The van der Waals surface area contributed by atoms with Crippen LogP contribution in [0.25, 0.3) is 6.08 Å². The Labute approximate surface area is 288 Å². The zero-order valence-corrected chi connectivity index (χ0v) is 28.4. The fourth-order valence-corrected chi connectivity index (χ4v) is 6.71. The molecule has 0 unspecified atom stereocenters. The predicted molar refractivity (Wildman–Crippen MR) is 180 cm³/mol. The maximum Gasteiger partial charge on any atom is 0.352 e. The summed E-state index contributed by atoms with van der Waals surface area (Å²) in [5.74, 6) is -2.61. The number of hydrogen-bond acceptors (Lipinski definition) is 12. The Kier molecular flexibility index (Phi) is 10.2. The van der Waals surface area contributed by atoms with E-state index in [9.17, 15) is 29.4 Å². The molecule has 0 saturated carbocycles. The van der Waals surface area contributed by atoms with Gasteiger partial charge in [-0.05, 0) is 25.0 Å². The molecule has 2 atom stereocenters. The Morgan fingerprint density at radius 3 is 2.47 bits per heavy atom. The molecule has 1 saturated heterocycles. The van der Waals surface area contributed by atoms with Crippen LogP contribution in [-0.2, 0) is 30.6 Å². The number of nitrogens with zero attached hydrogens (tertiary/aromatic N) is 4. The Hall–Kier alpha value is -5.42. The quantitative estimate of drug-likeness (QED) is 0.0872. The van der Waals surface area contributed by atoms with Crippen molar-refractivity contribution in [2.75, 3.05) is 25.7 Å². The van der Waals surface area contributed by atoms with Gasteiger partial charge in [-0.3, -0.25) is 14.5 Å². The summed E-state index contributed by atoms with van der Waals surface area (Å²) >= 11 is 2.31. The lowest BCUT2D eigenvalue weighted by atomic mass is 10.0. The number of carbonyl (C=O) groups excluding carboxylic acids is 2. The van der Waals surface area contributed by atoms with E-state index in [0.29, 0.717) is 23.6 Å². The van der Waals surface area contributed by atoms with Crippen LogP contribution in [0.1, 0.15) is 30.7 Å². The number of rotatable bonds is 13. The molecule has 1 fully saturated rings. The third-order valence-electron chi connectivity index (χ3n) is 7.55. The minimum Gasteiger partial charge on any atom is -0.492 e. The predicted octanol–water partition coefficient (Wildman–Crippen LogP) is 2.11. The van der Waals surface area contributed by atoms with Crippen LogP contribution >= 0.6 is 23.1 Å². The number of pyridine rings is 1. The number of carboxylic acid groups (broad SMARTS) is 2. The molecule has 0 radical (unpaired) electrons. The molecule has 0 aliphatic carbocycles. The van der Waals surface area contributed by atoms with E-state index in [1.807, 2.05) is 47.3 Å². The second-order valence-electron chi connectivity index (χ2n) is 11.3. The summed E-state index contributed by atoms with van der Waals surface area (Å²) in [7, 11) is 3.15. The van der Waals surface area contributed by atoms with Gasteiger partial charge in [0.2, 0.25) is 17.5 Å². The molecular weight excluding hydrogens is 677 g/mol. The summed E-state index contributed by atoms with van der Waals surface area (Å²) in [6.45, 7) is 3.08. The SMILES string of the molecule is COc1cc[n+](Cc2ccc(/C=C/C3=C(C(=O)O)N4C(=O)[C@@H](NC(=O)/C(=N\OC(C)(C)C(=O)O)c5csc(N)n5)[C@H]4SC3)cc2)cc1OC. The van der Waals surface area contributed by atoms with E-state index in [1.54, 1.807) is 26.4 Å². The van der Waals surface area contributed by atoms with E-state index < -0.39 is 40.8 Å². The van der Waals surface area contributed by atoms with Crippen molar-refractivity contribution < 1.29 is 48.3 Å². The van der Waals surface area contributed by atoms with Gasteiger partial charge in [-0.2, -0.15) is 4.57 Å². The van der Waals surface area contributed by atoms with E-state index in [0.717, 1.165) is 27.4 Å². The van der Waals surface area contributed by atoms with Gasteiger partial charge in [-0.1, -0.05) is 41.6 Å². The lowest BCUT2D eigenvalue weighted by molar-refractivity contribution is -0.688. The van der Waals surface area contributed by atoms with Crippen LogP contribution in [0.4, 0.5) is 5.13 Å². The Bertz CT molecular complexity index is 1890. The largest absolute Gasteiger partial charge is 0.492 e. The molecule has 15 nitrogen and oxygen atoms in total. The second-order valence-corrected chi connectivity index (χ2v) is 13.3. The number of nitrogen functional groups attached to an aromatic ring is 1. The number of thioether (sulfide) groups is 1. The number of thiazole rings is 1. The Morgan fingerprint density at radius 2 is 1.86 bits per heavy atom. The topological polar surface area (TPSA) is 207 Å². The monoisotopic (exact) mass is 709 g/mol. The highest BCUT2D eigenvalue weighted by atomic mass is 32.2. The first-order valence-corrected chi connectivity index (χ1v) is 16.6. The molecule has 49 heavy (non-hydrogen) atoms. The number of anilines is 1. The van der Waals surface area contributed by atoms with Gasteiger partial charge in [0, 0.05) is 22.8 Å². The molecule has 2 aliphatic heterocycles. The van der Waals surface area contributed by atoms with Gasteiger partial charge in [0.1, 0.15) is 22.8 Å². The Morgan fingerprint density at radius 1 is 1.14 bits per heavy atom. The third kappa shape index (κ3) is 7.52. The normalized spacial score (nSPS) is 17.8. The first-order valence-electron chi connectivity index (χ1n) is 14.6. The number of benzene rings is 1. The zero-order chi connectivity index (χ0) is 35.5. The summed E-state index contributed by atoms with van der Waals surface area (Å²) in [6, 6.07) is 8.47. The van der Waals surface area contributed by atoms with E-state index in [1.165, 1.54) is 31.0 Å². The highest BCUT2D eigenvalue weighted by Crippen LogP contribution is 2.41. The first-order chi connectivity index (χ1) is 23.3. The van der Waals surface area contributed by atoms with Crippen molar-refractivity contribution >= 4 is 63.8 Å². The number of fused-ring (bicyclic) bond motifs is 1. The number of nitrogens with one attached hydrogen (secondary N) is 1. The van der Waals surface area contributed by atoms with Gasteiger partial charge in [0.15, 0.2) is 29.3 Å². The molecule has 2 aliphatic rings. The van der Waals surface area contributed by atoms with Gasteiger partial charge in [-0.15, -0.1) is 23.1 Å². The zero-order valence-electron chi connectivity index (χ0n) is 26.8. The molecule has 2 amide bonds. The van der Waals surface area contributed by atoms with Crippen LogP contribution < -0.4 is 25.1 Å². The molecular formula is C32H33N6O9S2+. The van der Waals surface area contributed by atoms with E-state index in [4.69, 9.17) is 20.0 Å². The highest BCUT2D eigenvalue weighted by Gasteiger charge is 2.54. The van der Waals surface area contributed by atoms with Crippen molar-refractivity contribution in [1.29, 1.82) is 0 Å². The van der Waals surface area contributed by atoms with Crippen LogP contribution in [0.15, 0.2) is 70.6 Å². The molecule has 2 aromatic heterocycles. The number of hydrogen-bond donors (Lipinski definition) is 4. The number of carboxylic acids is 2. The van der Waals surface area contributed by atoms with Crippen molar-refractivity contribution in [2.45, 2.75) is 37.4 Å². The number of allylic oxidation sites excluding steroid dienone is 1. The van der Waals surface area contributed by atoms with Gasteiger partial charge in [-0.25, -0.2) is 14.6 Å². The number of β-lactam (4-membered cyclic amide) rings is 1. The van der Waals surface area contributed by atoms with Crippen molar-refractivity contribution in [3.8, 4) is 11.5 Å². The number of carbonyl (C=O) groups is 4. The van der Waals surface area contributed by atoms with Gasteiger partial charge in [0.25, 0.3) is 11.8 Å². The molecule has 4 heterocycles. The number of amides is 2. The summed E-state index contributed by atoms with van der Waals surface area (Å²) in [5, 5.41) is 26.6. The lowest BCUT2D eigenvalue weighted by Gasteiger charge is -2.49. The van der Waals surface area contributed by atoms with Gasteiger partial charge in [0.05, 0.1) is 14.2 Å². The standard InChI is InChI=1S/C32H32N6O9S2/c1-32(2,30(43)44)47-36-23(20-16-49-31(33)34-20)26(39)35-24-27(40)38-25(29(41)42)19(15-48-28(24)38)10-9-17-5-7-18(8-6-17)13-37-12-11-21(45-3)22(14-37)46-4/h5-12,14,16,24,28H,13,15H2,1-4H3,(H4-,33,34,35,39,41,42,43,44)/p+1/b10-9+,36-23-/t24-,28-/m1/s1. The number of methoxy groups -OCH3 is 2. The summed E-state index contributed by atoms with van der Waals surface area (Å²) < 4.78 is 12.6. The second kappa shape index (κ2) is 14.4. The fourth-order valence-electron chi connectivity index (χ4n) is 4.85. The summed E-state index contributed by atoms with van der Waals surface area (Å²) in [4.78, 5) is 60.7. The van der Waals surface area contributed by atoms with Gasteiger partial charge < -0.3 is 35.6 Å². The number of aliphatic carboxylic acids is 2. The van der Waals surface area contributed by atoms with Crippen LogP contribution in [0.2, 0.25) is 0 Å². The van der Waals surface area contributed by atoms with Crippen LogP contribution in [0, 0.1) is 0 Å². The number of ether oxygens (including phenoxy) is 2. The maximum absolute atomic E-state index is 13.3. The maximum atomic E-state index is 13.3. The van der Waals surface area contributed by atoms with Crippen LogP contribution in [0.5, 0.6) is 11.5 Å². The van der Waals surface area contributed by atoms with Crippen LogP contribution in [-0.4, -0.2) is 86.6 Å². The minimum atomic E-state index is -1.77. The summed E-state index contributed by atoms with van der Waals surface area (Å²) in [6.07, 6.45) is 7.17. The molecule has 0 spiro atoms. The molecule has 256 valence electrons. The lowest BCUT2D eigenvalue weighted by Crippen LogP contribution is -2.71. The van der Waals surface area contributed by atoms with Crippen molar-refractivity contribution in [1.82, 2.24) is 15.2 Å². The molecule has 17 heteroatoms. The average Bonchev–Trinajstić information content (AvgIpc) is 3.51. The molecule has 5 N–H and O–H groups in total. The van der Waals surface area contributed by atoms with E-state index in [2.05, 4.69) is 15.5 Å². The smallest absolute Gasteiger partial charge is 0.352 e. The third-order valence-corrected chi connectivity index (χ3v) is 9.53. The number of nitrogens with two attached hydrogens (primary N) is 1. The van der Waals surface area contributed by atoms with Crippen molar-refractivity contribution in [3.05, 3.63) is 82.3 Å². The first kappa shape index (κ1) is 34.9. The van der Waals surface area contributed by atoms with Crippen molar-refractivity contribution in [3.63, 3.8) is 0 Å². The molecule has 1 aromatic carbocycles. The highest BCUT2D eigenvalue weighted by molar-refractivity contribution is 8.00. The van der Waals surface area contributed by atoms with Crippen LogP contribution in [0.3, 0.4) is 0 Å².